The Morgan fingerprint density at radius 2 is 1.69 bits per heavy atom. The van der Waals surface area contributed by atoms with Gasteiger partial charge in [0.05, 0.1) is 23.4 Å². The number of nitrogens with one attached hydrogen (secondary N) is 1. The molecule has 2 aromatic carbocycles. The van der Waals surface area contributed by atoms with Crippen LogP contribution in [0.1, 0.15) is 43.7 Å². The number of carbonyl (C=O) groups is 2. The number of carbonyl (C=O) groups excluding carboxylic acids is 1. The Hall–Kier alpha value is -2.61. The molecule has 1 unspecified atom stereocenters. The van der Waals surface area contributed by atoms with Crippen LogP contribution in [-0.2, 0) is 15.0 Å². The van der Waals surface area contributed by atoms with Crippen LogP contribution in [-0.4, -0.2) is 23.2 Å². The molecule has 0 heterocycles. The van der Waals surface area contributed by atoms with Crippen LogP contribution in [0.5, 0.6) is 0 Å². The number of carboxylic acids is 1. The summed E-state index contributed by atoms with van der Waals surface area (Å²) in [7, 11) is 0. The first kappa shape index (κ1) is 24.0. The fourth-order valence-corrected chi connectivity index (χ4v) is 4.14. The number of benzene rings is 2. The van der Waals surface area contributed by atoms with Gasteiger partial charge in [-0.3, -0.25) is 9.59 Å². The molecule has 32 heavy (non-hydrogen) atoms. The molecular formula is C23H22ClF4NO3. The summed E-state index contributed by atoms with van der Waals surface area (Å²) in [5, 5.41) is 12.0. The average molecular weight is 472 g/mol. The molecule has 0 saturated heterocycles. The highest BCUT2D eigenvalue weighted by Crippen LogP contribution is 2.54. The number of hydrogen-bond acceptors (Lipinski definition) is 2. The maximum absolute atomic E-state index is 14.5. The second kappa shape index (κ2) is 8.73. The number of anilines is 1. The summed E-state index contributed by atoms with van der Waals surface area (Å²) < 4.78 is 55.0. The van der Waals surface area contributed by atoms with Crippen molar-refractivity contribution in [3.8, 4) is 0 Å². The summed E-state index contributed by atoms with van der Waals surface area (Å²) in [6.07, 6.45) is -3.51. The Labute approximate surface area is 187 Å². The molecule has 0 aliphatic heterocycles. The molecule has 0 spiro atoms. The molecule has 1 aliphatic rings. The van der Waals surface area contributed by atoms with Crippen molar-refractivity contribution >= 4 is 29.2 Å². The van der Waals surface area contributed by atoms with Crippen LogP contribution < -0.4 is 5.32 Å². The SMILES string of the molecule is CC(C(=O)O)C1(c2ccc(F)c(NC(=O)[C@H](c3ccc(Cl)cc3)[C@@H](C)C(F)(F)F)c2)CC1. The van der Waals surface area contributed by atoms with E-state index >= 15 is 0 Å². The van der Waals surface area contributed by atoms with Crippen LogP contribution in [0.25, 0.3) is 0 Å². The fraction of sp³-hybridized carbons (Fsp3) is 0.391. The number of carboxylic acid groups (broad SMARTS) is 1. The number of hydrogen-bond donors (Lipinski definition) is 2. The van der Waals surface area contributed by atoms with Gasteiger partial charge >= 0.3 is 12.1 Å². The lowest BCUT2D eigenvalue weighted by Gasteiger charge is -2.26. The van der Waals surface area contributed by atoms with E-state index < -0.39 is 47.0 Å². The highest BCUT2D eigenvalue weighted by atomic mass is 35.5. The number of alkyl halides is 3. The quantitative estimate of drug-likeness (QED) is 0.476. The van der Waals surface area contributed by atoms with Crippen molar-refractivity contribution in [2.24, 2.45) is 11.8 Å². The molecule has 1 amide bonds. The lowest BCUT2D eigenvalue weighted by atomic mass is 9.83. The Morgan fingerprint density at radius 1 is 1.09 bits per heavy atom. The van der Waals surface area contributed by atoms with E-state index in [0.29, 0.717) is 23.4 Å². The van der Waals surface area contributed by atoms with Crippen LogP contribution in [0.4, 0.5) is 23.2 Å². The van der Waals surface area contributed by atoms with Gasteiger partial charge in [-0.1, -0.05) is 43.6 Å². The van der Waals surface area contributed by atoms with E-state index in [4.69, 9.17) is 11.6 Å². The molecule has 172 valence electrons. The highest BCUT2D eigenvalue weighted by molar-refractivity contribution is 6.30. The van der Waals surface area contributed by atoms with Crippen molar-refractivity contribution < 1.29 is 32.3 Å². The van der Waals surface area contributed by atoms with Gasteiger partial charge in [-0.15, -0.1) is 0 Å². The Morgan fingerprint density at radius 3 is 2.19 bits per heavy atom. The summed E-state index contributed by atoms with van der Waals surface area (Å²) in [6.45, 7) is 2.44. The summed E-state index contributed by atoms with van der Waals surface area (Å²) in [6, 6.07) is 9.27. The van der Waals surface area contributed by atoms with Crippen LogP contribution in [0.3, 0.4) is 0 Å². The third-order valence-electron chi connectivity index (χ3n) is 6.32. The van der Waals surface area contributed by atoms with E-state index in [1.807, 2.05) is 0 Å². The third kappa shape index (κ3) is 4.75. The number of halogens is 5. The van der Waals surface area contributed by atoms with Crippen molar-refractivity contribution in [2.75, 3.05) is 5.32 Å². The van der Waals surface area contributed by atoms with Gasteiger partial charge in [0.2, 0.25) is 5.91 Å². The molecule has 1 saturated carbocycles. The fourth-order valence-electron chi connectivity index (χ4n) is 4.01. The van der Waals surface area contributed by atoms with Gasteiger partial charge in [-0.05, 0) is 48.2 Å². The van der Waals surface area contributed by atoms with Gasteiger partial charge in [0, 0.05) is 10.4 Å². The molecule has 1 aliphatic carbocycles. The van der Waals surface area contributed by atoms with Crippen LogP contribution in [0.15, 0.2) is 42.5 Å². The van der Waals surface area contributed by atoms with E-state index in [1.165, 1.54) is 36.4 Å². The minimum atomic E-state index is -4.67. The monoisotopic (exact) mass is 471 g/mol. The topological polar surface area (TPSA) is 66.4 Å². The molecule has 0 radical (unpaired) electrons. The summed E-state index contributed by atoms with van der Waals surface area (Å²) in [5.41, 5.74) is -0.361. The molecule has 2 N–H and O–H groups in total. The van der Waals surface area contributed by atoms with Crippen molar-refractivity contribution in [3.63, 3.8) is 0 Å². The minimum absolute atomic E-state index is 0.0893. The molecule has 0 bridgehead atoms. The zero-order valence-electron chi connectivity index (χ0n) is 17.3. The first-order chi connectivity index (χ1) is 14.9. The highest BCUT2D eigenvalue weighted by Gasteiger charge is 2.52. The lowest BCUT2D eigenvalue weighted by Crippen LogP contribution is -2.34. The maximum atomic E-state index is 14.5. The normalized spacial score (nSPS) is 17.8. The van der Waals surface area contributed by atoms with Crippen molar-refractivity contribution in [2.45, 2.75) is 44.2 Å². The third-order valence-corrected chi connectivity index (χ3v) is 6.57. The largest absolute Gasteiger partial charge is 0.481 e. The number of aliphatic carboxylic acids is 1. The molecule has 2 aromatic rings. The Balaban J connectivity index is 1.94. The Bertz CT molecular complexity index is 1020. The Kier molecular flexibility index (Phi) is 6.56. The van der Waals surface area contributed by atoms with E-state index in [9.17, 15) is 32.3 Å². The standard InChI is InChI=1S/C23H22ClF4NO3/c1-12(23(26,27)28)19(14-3-6-16(24)7-4-14)20(30)29-18-11-15(5-8-17(18)25)22(9-10-22)13(2)21(31)32/h3-8,11-13,19H,9-10H2,1-2H3,(H,29,30)(H,31,32)/t12-,13?,19+/m1/s1. The zero-order valence-corrected chi connectivity index (χ0v) is 18.1. The average Bonchev–Trinajstić information content (AvgIpc) is 3.51. The van der Waals surface area contributed by atoms with Crippen LogP contribution >= 0.6 is 11.6 Å². The van der Waals surface area contributed by atoms with Gasteiger partial charge in [0.15, 0.2) is 0 Å². The van der Waals surface area contributed by atoms with E-state index in [2.05, 4.69) is 5.32 Å². The van der Waals surface area contributed by atoms with Gasteiger partial charge in [0.25, 0.3) is 0 Å². The van der Waals surface area contributed by atoms with Gasteiger partial charge < -0.3 is 10.4 Å². The van der Waals surface area contributed by atoms with Gasteiger partial charge in [-0.2, -0.15) is 13.2 Å². The van der Waals surface area contributed by atoms with Crippen molar-refractivity contribution in [3.05, 3.63) is 64.4 Å². The maximum Gasteiger partial charge on any atom is 0.392 e. The van der Waals surface area contributed by atoms with Crippen molar-refractivity contribution in [1.29, 1.82) is 0 Å². The predicted octanol–water partition coefficient (Wildman–Crippen LogP) is 6.15. The molecule has 9 heteroatoms. The molecule has 3 atom stereocenters. The smallest absolute Gasteiger partial charge is 0.392 e. The molecule has 0 aromatic heterocycles. The van der Waals surface area contributed by atoms with E-state index in [1.54, 1.807) is 6.92 Å². The molecular weight excluding hydrogens is 450 g/mol. The summed E-state index contributed by atoms with van der Waals surface area (Å²) >= 11 is 5.82. The second-order valence-corrected chi connectivity index (χ2v) is 8.70. The van der Waals surface area contributed by atoms with Gasteiger partial charge in [-0.25, -0.2) is 4.39 Å². The number of rotatable bonds is 7. The second-order valence-electron chi connectivity index (χ2n) is 8.26. The number of amides is 1. The summed E-state index contributed by atoms with van der Waals surface area (Å²) in [4.78, 5) is 24.4. The lowest BCUT2D eigenvalue weighted by molar-refractivity contribution is -0.178. The zero-order chi connectivity index (χ0) is 23.8. The first-order valence-corrected chi connectivity index (χ1v) is 10.4. The van der Waals surface area contributed by atoms with E-state index in [-0.39, 0.29) is 11.3 Å². The molecule has 4 nitrogen and oxygen atoms in total. The predicted molar refractivity (Wildman–Crippen MR) is 112 cm³/mol. The first-order valence-electron chi connectivity index (χ1n) is 10.0. The van der Waals surface area contributed by atoms with Gasteiger partial charge in [0.1, 0.15) is 5.82 Å². The molecule has 3 rings (SSSR count). The molecule has 1 fully saturated rings. The minimum Gasteiger partial charge on any atom is -0.481 e. The van der Waals surface area contributed by atoms with Crippen LogP contribution in [0.2, 0.25) is 5.02 Å². The van der Waals surface area contributed by atoms with Crippen LogP contribution in [0, 0.1) is 17.7 Å². The van der Waals surface area contributed by atoms with E-state index in [0.717, 1.165) is 13.0 Å². The van der Waals surface area contributed by atoms with Crippen molar-refractivity contribution in [1.82, 2.24) is 0 Å². The summed E-state index contributed by atoms with van der Waals surface area (Å²) in [5.74, 6) is -7.26.